The molecule has 4 aromatic carbocycles. The lowest BCUT2D eigenvalue weighted by molar-refractivity contribution is -0.114. The molecule has 0 spiro atoms. The van der Waals surface area contributed by atoms with Gasteiger partial charge in [-0.05, 0) is 84.8 Å². The molecule has 7 nitrogen and oxygen atoms in total. The van der Waals surface area contributed by atoms with Crippen molar-refractivity contribution in [1.82, 2.24) is 5.32 Å². The topological polar surface area (TPSA) is 90.5 Å². The zero-order valence-corrected chi connectivity index (χ0v) is 25.1. The Labute approximate surface area is 255 Å². The molecule has 0 heterocycles. The largest absolute Gasteiger partial charge is 0.378 e. The standard InChI is InChI=1S/C33H31ClN4O3S/c1-22-9-12-26(20-29(22)34)35-31(39)21-42-28-17-13-25(14-18-28)36-33(41)30(37-32(40)24-7-5-4-6-8-24)19-23-10-15-27(16-11-23)38(2)3/h4-20H,21H2,1-3H3,(H,35,39)(H,36,41)(H,37,40)/b30-19-. The number of nitrogens with zero attached hydrogens (tertiary/aromatic N) is 1. The van der Waals surface area contributed by atoms with Gasteiger partial charge in [0.1, 0.15) is 5.70 Å². The molecule has 0 unspecified atom stereocenters. The van der Waals surface area contributed by atoms with Crippen LogP contribution in [0.15, 0.2) is 108 Å². The predicted molar refractivity (Wildman–Crippen MR) is 173 cm³/mol. The number of halogens is 1. The molecular formula is C33H31ClN4O3S. The summed E-state index contributed by atoms with van der Waals surface area (Å²) in [5.41, 5.74) is 4.45. The summed E-state index contributed by atoms with van der Waals surface area (Å²) in [4.78, 5) is 41.4. The van der Waals surface area contributed by atoms with Crippen LogP contribution >= 0.6 is 23.4 Å². The van der Waals surface area contributed by atoms with Crippen molar-refractivity contribution in [1.29, 1.82) is 0 Å². The van der Waals surface area contributed by atoms with Crippen LogP contribution in [0.4, 0.5) is 17.1 Å². The number of aryl methyl sites for hydroxylation is 1. The molecule has 0 fully saturated rings. The molecule has 0 saturated heterocycles. The Balaban J connectivity index is 1.41. The van der Waals surface area contributed by atoms with Gasteiger partial charge in [0.25, 0.3) is 11.8 Å². The number of thioether (sulfide) groups is 1. The lowest BCUT2D eigenvalue weighted by atomic mass is 10.1. The van der Waals surface area contributed by atoms with Crippen LogP contribution < -0.4 is 20.9 Å². The molecular weight excluding hydrogens is 568 g/mol. The van der Waals surface area contributed by atoms with Gasteiger partial charge in [0.15, 0.2) is 0 Å². The van der Waals surface area contributed by atoms with Crippen LogP contribution in [0.3, 0.4) is 0 Å². The first kappa shape index (κ1) is 30.4. The predicted octanol–water partition coefficient (Wildman–Crippen LogP) is 6.85. The first-order valence-corrected chi connectivity index (χ1v) is 14.5. The number of benzene rings is 4. The van der Waals surface area contributed by atoms with E-state index in [4.69, 9.17) is 11.6 Å². The fourth-order valence-electron chi connectivity index (χ4n) is 3.83. The van der Waals surface area contributed by atoms with E-state index >= 15 is 0 Å². The van der Waals surface area contributed by atoms with Crippen LogP contribution in [0.2, 0.25) is 5.02 Å². The number of hydrogen-bond donors (Lipinski definition) is 3. The minimum atomic E-state index is -0.465. The maximum Gasteiger partial charge on any atom is 0.272 e. The molecule has 0 aliphatic rings. The molecule has 0 aliphatic heterocycles. The average molecular weight is 599 g/mol. The molecule has 4 aromatic rings. The lowest BCUT2D eigenvalue weighted by Gasteiger charge is -2.13. The van der Waals surface area contributed by atoms with Crippen molar-refractivity contribution < 1.29 is 14.4 Å². The van der Waals surface area contributed by atoms with Crippen LogP contribution in [-0.4, -0.2) is 37.6 Å². The highest BCUT2D eigenvalue weighted by Gasteiger charge is 2.15. The van der Waals surface area contributed by atoms with Gasteiger partial charge in [-0.15, -0.1) is 11.8 Å². The van der Waals surface area contributed by atoms with E-state index in [1.54, 1.807) is 48.5 Å². The maximum atomic E-state index is 13.3. The van der Waals surface area contributed by atoms with E-state index < -0.39 is 5.91 Å². The summed E-state index contributed by atoms with van der Waals surface area (Å²) >= 11 is 7.51. The first-order chi connectivity index (χ1) is 20.2. The SMILES string of the molecule is Cc1ccc(NC(=O)CSc2ccc(NC(=O)/C(=C/c3ccc(N(C)C)cc3)NC(=O)c3ccccc3)cc2)cc1Cl. The molecule has 42 heavy (non-hydrogen) atoms. The monoisotopic (exact) mass is 598 g/mol. The molecule has 3 amide bonds. The van der Waals surface area contributed by atoms with Crippen LogP contribution in [0.5, 0.6) is 0 Å². The van der Waals surface area contributed by atoms with Crippen LogP contribution in [0, 0.1) is 6.92 Å². The second-order valence-electron chi connectivity index (χ2n) is 9.64. The molecule has 0 aliphatic carbocycles. The third-order valence-corrected chi connectivity index (χ3v) is 7.61. The lowest BCUT2D eigenvalue weighted by Crippen LogP contribution is -2.30. The Morgan fingerprint density at radius 1 is 0.833 bits per heavy atom. The molecule has 0 radical (unpaired) electrons. The van der Waals surface area contributed by atoms with Crippen molar-refractivity contribution >= 4 is 64.2 Å². The highest BCUT2D eigenvalue weighted by Crippen LogP contribution is 2.23. The summed E-state index contributed by atoms with van der Waals surface area (Å²) in [6, 6.07) is 28.9. The van der Waals surface area contributed by atoms with E-state index in [0.29, 0.717) is 22.0 Å². The van der Waals surface area contributed by atoms with E-state index in [1.165, 1.54) is 11.8 Å². The Morgan fingerprint density at radius 2 is 1.50 bits per heavy atom. The Bertz CT molecular complexity index is 1590. The maximum absolute atomic E-state index is 13.3. The summed E-state index contributed by atoms with van der Waals surface area (Å²) < 4.78 is 0. The van der Waals surface area contributed by atoms with Gasteiger partial charge in [0.2, 0.25) is 5.91 Å². The minimum Gasteiger partial charge on any atom is -0.378 e. The first-order valence-electron chi connectivity index (χ1n) is 13.1. The van der Waals surface area contributed by atoms with Gasteiger partial charge in [0, 0.05) is 46.6 Å². The molecule has 9 heteroatoms. The van der Waals surface area contributed by atoms with E-state index in [2.05, 4.69) is 16.0 Å². The summed E-state index contributed by atoms with van der Waals surface area (Å²) in [7, 11) is 3.90. The Kier molecular flexibility index (Phi) is 10.4. The van der Waals surface area contributed by atoms with Crippen molar-refractivity contribution in [2.45, 2.75) is 11.8 Å². The Morgan fingerprint density at radius 3 is 2.14 bits per heavy atom. The number of hydrogen-bond acceptors (Lipinski definition) is 5. The van der Waals surface area contributed by atoms with Crippen LogP contribution in [0.1, 0.15) is 21.5 Å². The van der Waals surface area contributed by atoms with E-state index in [9.17, 15) is 14.4 Å². The van der Waals surface area contributed by atoms with Gasteiger partial charge >= 0.3 is 0 Å². The van der Waals surface area contributed by atoms with Crippen molar-refractivity contribution in [3.8, 4) is 0 Å². The minimum absolute atomic E-state index is 0.104. The van der Waals surface area contributed by atoms with Crippen molar-refractivity contribution in [3.63, 3.8) is 0 Å². The van der Waals surface area contributed by atoms with Gasteiger partial charge in [-0.25, -0.2) is 0 Å². The molecule has 0 bridgehead atoms. The van der Waals surface area contributed by atoms with Crippen molar-refractivity contribution in [2.24, 2.45) is 0 Å². The number of carbonyl (C=O) groups excluding carboxylic acids is 3. The van der Waals surface area contributed by atoms with Crippen LogP contribution in [0.25, 0.3) is 6.08 Å². The third kappa shape index (κ3) is 8.73. The van der Waals surface area contributed by atoms with E-state index in [1.807, 2.05) is 80.5 Å². The van der Waals surface area contributed by atoms with Gasteiger partial charge < -0.3 is 20.9 Å². The number of rotatable bonds is 10. The van der Waals surface area contributed by atoms with Crippen molar-refractivity contribution in [2.75, 3.05) is 35.4 Å². The smallest absolute Gasteiger partial charge is 0.272 e. The summed E-state index contributed by atoms with van der Waals surface area (Å²) in [6.45, 7) is 1.90. The second-order valence-corrected chi connectivity index (χ2v) is 11.1. The zero-order valence-electron chi connectivity index (χ0n) is 23.5. The highest BCUT2D eigenvalue weighted by molar-refractivity contribution is 8.00. The fourth-order valence-corrected chi connectivity index (χ4v) is 4.71. The summed E-state index contributed by atoms with van der Waals surface area (Å²) in [6.07, 6.45) is 1.64. The second kappa shape index (κ2) is 14.4. The van der Waals surface area contributed by atoms with Gasteiger partial charge in [-0.1, -0.05) is 48.0 Å². The number of anilines is 3. The third-order valence-electron chi connectivity index (χ3n) is 6.19. The summed E-state index contributed by atoms with van der Waals surface area (Å²) in [5.74, 6) is -0.797. The Hall–Kier alpha value is -4.53. The average Bonchev–Trinajstić information content (AvgIpc) is 2.99. The van der Waals surface area contributed by atoms with Crippen LogP contribution in [-0.2, 0) is 9.59 Å². The van der Waals surface area contributed by atoms with Gasteiger partial charge in [0.05, 0.1) is 5.75 Å². The molecule has 0 saturated carbocycles. The number of amides is 3. The molecule has 214 valence electrons. The number of carbonyl (C=O) groups is 3. The van der Waals surface area contributed by atoms with Gasteiger partial charge in [-0.2, -0.15) is 0 Å². The zero-order chi connectivity index (χ0) is 30.1. The van der Waals surface area contributed by atoms with E-state index in [0.717, 1.165) is 21.7 Å². The normalized spacial score (nSPS) is 11.0. The van der Waals surface area contributed by atoms with E-state index in [-0.39, 0.29) is 23.3 Å². The molecule has 0 atom stereocenters. The van der Waals surface area contributed by atoms with Crippen molar-refractivity contribution in [3.05, 3.63) is 124 Å². The fraction of sp³-hybridized carbons (Fsp3) is 0.121. The molecule has 4 rings (SSSR count). The summed E-state index contributed by atoms with van der Waals surface area (Å²) in [5, 5.41) is 9.04. The molecule has 3 N–H and O–H groups in total. The molecule has 0 aromatic heterocycles. The number of nitrogens with one attached hydrogen (secondary N) is 3. The quantitative estimate of drug-likeness (QED) is 0.137. The van der Waals surface area contributed by atoms with Gasteiger partial charge in [-0.3, -0.25) is 14.4 Å². The highest BCUT2D eigenvalue weighted by atomic mass is 35.5.